The molecule has 33 heavy (non-hydrogen) atoms. The number of amides is 2. The van der Waals surface area contributed by atoms with Crippen LogP contribution in [-0.2, 0) is 13.5 Å². The molecule has 7 nitrogen and oxygen atoms in total. The molecule has 1 aliphatic carbocycles. The van der Waals surface area contributed by atoms with E-state index in [1.54, 1.807) is 16.7 Å². The van der Waals surface area contributed by atoms with Gasteiger partial charge in [-0.2, -0.15) is 0 Å². The van der Waals surface area contributed by atoms with E-state index in [1.807, 2.05) is 52.1 Å². The average Bonchev–Trinajstić information content (AvgIpc) is 3.39. The molecule has 0 spiro atoms. The molecule has 2 amide bonds. The maximum Gasteiger partial charge on any atom is 0.272 e. The van der Waals surface area contributed by atoms with Gasteiger partial charge in [0.25, 0.3) is 11.8 Å². The highest BCUT2D eigenvalue weighted by Gasteiger charge is 2.28. The van der Waals surface area contributed by atoms with Gasteiger partial charge in [0.2, 0.25) is 0 Å². The van der Waals surface area contributed by atoms with E-state index in [4.69, 9.17) is 9.72 Å². The molecule has 0 radical (unpaired) electrons. The van der Waals surface area contributed by atoms with Gasteiger partial charge in [0.1, 0.15) is 5.65 Å². The predicted octanol–water partition coefficient (Wildman–Crippen LogP) is 4.85. The Balaban J connectivity index is 1.78. The highest BCUT2D eigenvalue weighted by molar-refractivity contribution is 6.07. The molecule has 0 aliphatic heterocycles. The number of anilines is 1. The molecule has 1 aromatic carbocycles. The van der Waals surface area contributed by atoms with Gasteiger partial charge in [0.15, 0.2) is 11.4 Å². The lowest BCUT2D eigenvalue weighted by atomic mass is 10.1. The molecule has 7 heteroatoms. The molecule has 0 saturated heterocycles. The van der Waals surface area contributed by atoms with Crippen LogP contribution in [0.15, 0.2) is 36.4 Å². The summed E-state index contributed by atoms with van der Waals surface area (Å²) in [6, 6.07) is 11.2. The smallest absolute Gasteiger partial charge is 0.272 e. The quantitative estimate of drug-likeness (QED) is 0.541. The van der Waals surface area contributed by atoms with E-state index in [-0.39, 0.29) is 24.0 Å². The first-order valence-corrected chi connectivity index (χ1v) is 11.7. The van der Waals surface area contributed by atoms with Crippen LogP contribution in [0.1, 0.15) is 73.0 Å². The molecule has 2 heterocycles. The predicted molar refractivity (Wildman–Crippen MR) is 130 cm³/mol. The molecule has 3 aromatic rings. The molecule has 1 aliphatic rings. The largest absolute Gasteiger partial charge is 0.488 e. The highest BCUT2D eigenvalue weighted by Crippen LogP contribution is 2.36. The zero-order valence-corrected chi connectivity index (χ0v) is 19.8. The van der Waals surface area contributed by atoms with E-state index in [0.717, 1.165) is 31.4 Å². The van der Waals surface area contributed by atoms with Crippen LogP contribution in [0.2, 0.25) is 0 Å². The number of carbonyl (C=O) groups excluding carboxylic acids is 2. The molecule has 1 fully saturated rings. The molecule has 0 bridgehead atoms. The Morgan fingerprint density at radius 2 is 1.85 bits per heavy atom. The fraction of sp³-hybridized carbons (Fsp3) is 0.423. The number of hydrogen-bond donors (Lipinski definition) is 2. The van der Waals surface area contributed by atoms with Crippen molar-refractivity contribution in [2.24, 2.45) is 7.05 Å². The highest BCUT2D eigenvalue weighted by atomic mass is 16.5. The van der Waals surface area contributed by atoms with E-state index in [1.165, 1.54) is 0 Å². The maximum absolute atomic E-state index is 13.3. The molecule has 2 aromatic heterocycles. The van der Waals surface area contributed by atoms with Crippen LogP contribution >= 0.6 is 0 Å². The first kappa shape index (κ1) is 22.8. The SMILES string of the molecule is CCc1nc2c(cc1NC(=O)c1ccccc1)c(OC(C)C)c(C(=O)NC1CCCC1)n2C. The normalized spacial score (nSPS) is 14.1. The lowest BCUT2D eigenvalue weighted by molar-refractivity contribution is 0.0923. The van der Waals surface area contributed by atoms with Gasteiger partial charge in [-0.1, -0.05) is 38.0 Å². The summed E-state index contributed by atoms with van der Waals surface area (Å²) in [6.07, 6.45) is 4.80. The van der Waals surface area contributed by atoms with Gasteiger partial charge in [-0.15, -0.1) is 0 Å². The van der Waals surface area contributed by atoms with Crippen molar-refractivity contribution in [1.29, 1.82) is 0 Å². The third kappa shape index (κ3) is 4.72. The summed E-state index contributed by atoms with van der Waals surface area (Å²) < 4.78 is 7.95. The molecule has 2 N–H and O–H groups in total. The summed E-state index contributed by atoms with van der Waals surface area (Å²) in [7, 11) is 1.84. The van der Waals surface area contributed by atoms with Gasteiger partial charge in [-0.3, -0.25) is 9.59 Å². The Kier molecular flexibility index (Phi) is 6.67. The number of aryl methyl sites for hydroxylation is 2. The Hall–Kier alpha value is -3.35. The van der Waals surface area contributed by atoms with Gasteiger partial charge in [0, 0.05) is 18.7 Å². The van der Waals surface area contributed by atoms with Crippen molar-refractivity contribution >= 4 is 28.5 Å². The van der Waals surface area contributed by atoms with E-state index >= 15 is 0 Å². The number of nitrogens with one attached hydrogen (secondary N) is 2. The van der Waals surface area contributed by atoms with Crippen LogP contribution in [0, 0.1) is 0 Å². The standard InChI is InChI=1S/C26H32N4O3/c1-5-20-21(29-25(31)17-11-7-6-8-12-17)15-19-23(33-16(2)3)22(30(4)24(19)28-20)26(32)27-18-13-9-10-14-18/h6-8,11-12,15-16,18H,5,9-10,13-14H2,1-4H3,(H,27,32)(H,29,31). The fourth-order valence-corrected chi connectivity index (χ4v) is 4.45. The van der Waals surface area contributed by atoms with Crippen molar-refractivity contribution < 1.29 is 14.3 Å². The summed E-state index contributed by atoms with van der Waals surface area (Å²) in [5.74, 6) is 0.155. The number of hydrogen-bond acceptors (Lipinski definition) is 4. The lowest BCUT2D eigenvalue weighted by Gasteiger charge is -2.15. The fourth-order valence-electron chi connectivity index (χ4n) is 4.45. The number of aromatic nitrogens is 2. The van der Waals surface area contributed by atoms with Gasteiger partial charge in [0.05, 0.1) is 22.9 Å². The first-order chi connectivity index (χ1) is 15.9. The van der Waals surface area contributed by atoms with E-state index < -0.39 is 0 Å². The molecule has 0 atom stereocenters. The topological polar surface area (TPSA) is 85.2 Å². The number of fused-ring (bicyclic) bond motifs is 1. The summed E-state index contributed by atoms with van der Waals surface area (Å²) in [5, 5.41) is 6.88. The second-order valence-electron chi connectivity index (χ2n) is 8.89. The minimum absolute atomic E-state index is 0.123. The van der Waals surface area contributed by atoms with Crippen LogP contribution in [-0.4, -0.2) is 33.5 Å². The number of benzene rings is 1. The Bertz CT molecular complexity index is 1160. The van der Waals surface area contributed by atoms with Crippen LogP contribution in [0.4, 0.5) is 5.69 Å². The third-order valence-corrected chi connectivity index (χ3v) is 6.07. The number of rotatable bonds is 7. The van der Waals surface area contributed by atoms with E-state index in [0.29, 0.717) is 40.1 Å². The summed E-state index contributed by atoms with van der Waals surface area (Å²) in [4.78, 5) is 30.9. The molecule has 174 valence electrons. The van der Waals surface area contributed by atoms with Crippen LogP contribution in [0.5, 0.6) is 5.75 Å². The molecular weight excluding hydrogens is 416 g/mol. The minimum atomic E-state index is -0.201. The van der Waals surface area contributed by atoms with E-state index in [9.17, 15) is 9.59 Å². The monoisotopic (exact) mass is 448 g/mol. The van der Waals surface area contributed by atoms with Crippen LogP contribution in [0.3, 0.4) is 0 Å². The van der Waals surface area contributed by atoms with Crippen molar-refractivity contribution in [3.63, 3.8) is 0 Å². The second kappa shape index (κ2) is 9.65. The zero-order chi connectivity index (χ0) is 23.5. The summed E-state index contributed by atoms with van der Waals surface area (Å²) >= 11 is 0. The van der Waals surface area contributed by atoms with Crippen molar-refractivity contribution in [2.75, 3.05) is 5.32 Å². The Morgan fingerprint density at radius 3 is 2.48 bits per heavy atom. The lowest BCUT2D eigenvalue weighted by Crippen LogP contribution is -2.34. The molecular formula is C26H32N4O3. The van der Waals surface area contributed by atoms with Gasteiger partial charge < -0.3 is 19.9 Å². The summed E-state index contributed by atoms with van der Waals surface area (Å²) in [5.41, 5.74) is 3.08. The van der Waals surface area contributed by atoms with Gasteiger partial charge >= 0.3 is 0 Å². The van der Waals surface area contributed by atoms with E-state index in [2.05, 4.69) is 10.6 Å². The van der Waals surface area contributed by atoms with Gasteiger partial charge in [-0.25, -0.2) is 4.98 Å². The van der Waals surface area contributed by atoms with Crippen molar-refractivity contribution in [3.05, 3.63) is 53.3 Å². The second-order valence-corrected chi connectivity index (χ2v) is 8.89. The first-order valence-electron chi connectivity index (χ1n) is 11.7. The summed E-state index contributed by atoms with van der Waals surface area (Å²) in [6.45, 7) is 5.86. The van der Waals surface area contributed by atoms with Crippen molar-refractivity contribution in [2.45, 2.75) is 65.0 Å². The average molecular weight is 449 g/mol. The van der Waals surface area contributed by atoms with Crippen LogP contribution < -0.4 is 15.4 Å². The Labute approximate surface area is 194 Å². The third-order valence-electron chi connectivity index (χ3n) is 6.07. The number of pyridine rings is 1. The van der Waals surface area contributed by atoms with Crippen molar-refractivity contribution in [3.8, 4) is 5.75 Å². The molecule has 0 unspecified atom stereocenters. The Morgan fingerprint density at radius 1 is 1.15 bits per heavy atom. The number of carbonyl (C=O) groups is 2. The minimum Gasteiger partial charge on any atom is -0.488 e. The number of ether oxygens (including phenoxy) is 1. The van der Waals surface area contributed by atoms with Crippen LogP contribution in [0.25, 0.3) is 11.0 Å². The molecule has 1 saturated carbocycles. The van der Waals surface area contributed by atoms with Gasteiger partial charge in [-0.05, 0) is 51.3 Å². The van der Waals surface area contributed by atoms with Crippen molar-refractivity contribution in [1.82, 2.24) is 14.9 Å². The maximum atomic E-state index is 13.3. The number of nitrogens with zero attached hydrogens (tertiary/aromatic N) is 2. The zero-order valence-electron chi connectivity index (χ0n) is 19.8. The molecule has 4 rings (SSSR count).